The SMILES string of the molecule is CCCCCCCCCCCc1c(Oc2ccccc2)cc(O)cc1S(=O)(=O)O.CCCCCCCCCCCc1c(Oc2ccccc2)cc([O-])cc1S(=O)(=O)[O-].[Ca+2]. The van der Waals surface area contributed by atoms with E-state index in [1.165, 1.54) is 82.8 Å². The van der Waals surface area contributed by atoms with Crippen LogP contribution >= 0.6 is 0 Å². The third-order valence-corrected chi connectivity index (χ3v) is 11.7. The van der Waals surface area contributed by atoms with E-state index in [1.54, 1.807) is 36.4 Å². The average Bonchev–Trinajstić information content (AvgIpc) is 3.18. The number of ether oxygens (including phenoxy) is 2. The molecule has 59 heavy (non-hydrogen) atoms. The number of rotatable bonds is 26. The minimum atomic E-state index is -4.76. The summed E-state index contributed by atoms with van der Waals surface area (Å²) in [6, 6.07) is 22.4. The van der Waals surface area contributed by atoms with Crippen molar-refractivity contribution in [1.29, 1.82) is 0 Å². The van der Waals surface area contributed by atoms with Gasteiger partial charge in [-0.15, -0.1) is 5.75 Å². The van der Waals surface area contributed by atoms with Gasteiger partial charge in [0.15, 0.2) is 0 Å². The second kappa shape index (κ2) is 28.6. The zero-order valence-corrected chi connectivity index (χ0v) is 38.8. The standard InChI is InChI=1S/2C23H32O5S.Ca/c2*1-2-3-4-5-6-7-8-9-13-16-21-22(28-20-14-11-10-12-15-20)17-19(24)18-23(21)29(25,26)27;/h2*10-12,14-15,17-18,24H,2-9,13,16H2,1H3,(H,25,26,27);/q;;+2/p-2. The minimum absolute atomic E-state index is 0. The van der Waals surface area contributed by atoms with Crippen LogP contribution in [-0.4, -0.2) is 68.8 Å². The molecular formula is C46H62CaO10S2. The summed E-state index contributed by atoms with van der Waals surface area (Å²) in [5, 5.41) is 21.9. The molecule has 10 nitrogen and oxygen atoms in total. The van der Waals surface area contributed by atoms with Gasteiger partial charge in [-0.05, 0) is 56.0 Å². The van der Waals surface area contributed by atoms with Gasteiger partial charge in [0, 0.05) is 23.3 Å². The Morgan fingerprint density at radius 1 is 0.525 bits per heavy atom. The summed E-state index contributed by atoms with van der Waals surface area (Å²) in [7, 11) is -9.23. The molecule has 0 aromatic heterocycles. The Morgan fingerprint density at radius 2 is 0.898 bits per heavy atom. The van der Waals surface area contributed by atoms with E-state index in [9.17, 15) is 36.2 Å². The fraction of sp³-hybridized carbons (Fsp3) is 0.478. The third kappa shape index (κ3) is 20.5. The number of phenolic OH excluding ortho intramolecular Hbond substituents is 1. The molecular weight excluding hydrogens is 817 g/mol. The van der Waals surface area contributed by atoms with E-state index in [2.05, 4.69) is 13.8 Å². The van der Waals surface area contributed by atoms with Gasteiger partial charge in [0.05, 0.1) is 4.90 Å². The van der Waals surface area contributed by atoms with Crippen LogP contribution in [0.2, 0.25) is 0 Å². The van der Waals surface area contributed by atoms with Gasteiger partial charge in [0.2, 0.25) is 0 Å². The molecule has 0 heterocycles. The maximum atomic E-state index is 11.9. The first-order valence-corrected chi connectivity index (χ1v) is 23.8. The van der Waals surface area contributed by atoms with Crippen LogP contribution < -0.4 is 14.6 Å². The molecule has 0 aliphatic carbocycles. The van der Waals surface area contributed by atoms with Crippen molar-refractivity contribution in [1.82, 2.24) is 0 Å². The zero-order chi connectivity index (χ0) is 42.2. The van der Waals surface area contributed by atoms with Gasteiger partial charge >= 0.3 is 37.7 Å². The number of benzene rings is 4. The van der Waals surface area contributed by atoms with Crippen LogP contribution in [0, 0.1) is 0 Å². The van der Waals surface area contributed by atoms with Crippen LogP contribution in [0.4, 0.5) is 0 Å². The maximum Gasteiger partial charge on any atom is 2.00 e. The fourth-order valence-electron chi connectivity index (χ4n) is 6.79. The molecule has 320 valence electrons. The Labute approximate surface area is 383 Å². The molecule has 4 rings (SSSR count). The fourth-order valence-corrected chi connectivity index (χ4v) is 8.33. The number of hydrogen-bond acceptors (Lipinski definition) is 9. The molecule has 0 saturated heterocycles. The van der Waals surface area contributed by atoms with Crippen LogP contribution in [0.25, 0.3) is 0 Å². The van der Waals surface area contributed by atoms with E-state index in [-0.39, 0.29) is 59.9 Å². The van der Waals surface area contributed by atoms with Crippen LogP contribution in [0.5, 0.6) is 34.5 Å². The van der Waals surface area contributed by atoms with E-state index < -0.39 is 30.9 Å². The van der Waals surface area contributed by atoms with Gasteiger partial charge < -0.3 is 24.2 Å². The molecule has 0 unspecified atom stereocenters. The van der Waals surface area contributed by atoms with Crippen LogP contribution in [0.1, 0.15) is 141 Å². The van der Waals surface area contributed by atoms with Gasteiger partial charge in [-0.1, -0.05) is 159 Å². The van der Waals surface area contributed by atoms with Crippen molar-refractivity contribution in [2.24, 2.45) is 0 Å². The Hall–Kier alpha value is -2.84. The second-order valence-electron chi connectivity index (χ2n) is 14.7. The predicted octanol–water partition coefficient (Wildman–Crippen LogP) is 11.7. The van der Waals surface area contributed by atoms with Crippen molar-refractivity contribution < 1.29 is 45.6 Å². The van der Waals surface area contributed by atoms with E-state index in [1.807, 2.05) is 24.3 Å². The maximum absolute atomic E-state index is 11.9. The van der Waals surface area contributed by atoms with E-state index >= 15 is 0 Å². The molecule has 0 saturated carbocycles. The molecule has 0 amide bonds. The van der Waals surface area contributed by atoms with Crippen LogP contribution in [0.15, 0.2) is 94.7 Å². The van der Waals surface area contributed by atoms with Gasteiger partial charge in [0.1, 0.15) is 43.8 Å². The Balaban J connectivity index is 0.000000400. The van der Waals surface area contributed by atoms with E-state index in [0.717, 1.165) is 57.1 Å². The molecule has 0 spiro atoms. The number of phenols is 1. The third-order valence-electron chi connectivity index (χ3n) is 9.84. The largest absolute Gasteiger partial charge is 2.00 e. The average molecular weight is 879 g/mol. The summed E-state index contributed by atoms with van der Waals surface area (Å²) in [4.78, 5) is -0.751. The van der Waals surface area contributed by atoms with Crippen LogP contribution in [0.3, 0.4) is 0 Å². The van der Waals surface area contributed by atoms with Gasteiger partial charge in [-0.3, -0.25) is 4.55 Å². The second-order valence-corrected chi connectivity index (χ2v) is 17.5. The van der Waals surface area contributed by atoms with Crippen molar-refractivity contribution in [3.05, 3.63) is 96.1 Å². The Morgan fingerprint density at radius 3 is 1.29 bits per heavy atom. The number of hydrogen-bond donors (Lipinski definition) is 2. The minimum Gasteiger partial charge on any atom is -0.872 e. The first-order chi connectivity index (χ1) is 27.8. The number of unbranched alkanes of at least 4 members (excludes halogenated alkanes) is 16. The summed E-state index contributed by atoms with van der Waals surface area (Å²) in [6.07, 6.45) is 21.4. The predicted molar refractivity (Wildman–Crippen MR) is 232 cm³/mol. The van der Waals surface area contributed by atoms with E-state index in [0.29, 0.717) is 35.5 Å². The van der Waals surface area contributed by atoms with Gasteiger partial charge in [-0.25, -0.2) is 8.42 Å². The molecule has 4 aromatic carbocycles. The first-order valence-electron chi connectivity index (χ1n) is 20.9. The van der Waals surface area contributed by atoms with Crippen molar-refractivity contribution in [2.75, 3.05) is 0 Å². The monoisotopic (exact) mass is 878 g/mol. The summed E-state index contributed by atoms with van der Waals surface area (Å²) in [5.74, 6) is 0.607. The molecule has 0 atom stereocenters. The summed E-state index contributed by atoms with van der Waals surface area (Å²) in [6.45, 7) is 4.41. The Kier molecular flexibility index (Phi) is 25.4. The quantitative estimate of drug-likeness (QED) is 0.0351. The van der Waals surface area contributed by atoms with E-state index in [4.69, 9.17) is 9.47 Å². The smallest absolute Gasteiger partial charge is 0.872 e. The van der Waals surface area contributed by atoms with Crippen LogP contribution in [-0.2, 0) is 33.1 Å². The van der Waals surface area contributed by atoms with Crippen molar-refractivity contribution in [2.45, 2.75) is 152 Å². The van der Waals surface area contributed by atoms with Crippen molar-refractivity contribution in [3.63, 3.8) is 0 Å². The van der Waals surface area contributed by atoms with Crippen molar-refractivity contribution >= 4 is 58.0 Å². The summed E-state index contributed by atoms with van der Waals surface area (Å²) < 4.78 is 80.1. The summed E-state index contributed by atoms with van der Waals surface area (Å²) in [5.41, 5.74) is 0.698. The molecule has 0 aliphatic heterocycles. The number of para-hydroxylation sites is 2. The first kappa shape index (κ1) is 52.3. The normalized spacial score (nSPS) is 11.3. The Bertz CT molecular complexity index is 1850. The summed E-state index contributed by atoms with van der Waals surface area (Å²) >= 11 is 0. The molecule has 0 bridgehead atoms. The van der Waals surface area contributed by atoms with Gasteiger partial charge in [-0.2, -0.15) is 8.42 Å². The molecule has 0 fully saturated rings. The topological polar surface area (TPSA) is 173 Å². The number of aromatic hydroxyl groups is 1. The molecule has 4 aromatic rings. The molecule has 13 heteroatoms. The zero-order valence-electron chi connectivity index (χ0n) is 34.9. The molecule has 0 aliphatic rings. The van der Waals surface area contributed by atoms with Crippen molar-refractivity contribution in [3.8, 4) is 34.5 Å². The van der Waals surface area contributed by atoms with Gasteiger partial charge in [0.25, 0.3) is 10.1 Å². The molecule has 2 N–H and O–H groups in total. The molecule has 0 radical (unpaired) electrons.